The lowest BCUT2D eigenvalue weighted by Gasteiger charge is -2.17. The minimum Gasteiger partial charge on any atom is -0.480 e. The van der Waals surface area contributed by atoms with Gasteiger partial charge >= 0.3 is 5.97 Å². The summed E-state index contributed by atoms with van der Waals surface area (Å²) in [5.41, 5.74) is 5.42. The van der Waals surface area contributed by atoms with E-state index in [4.69, 9.17) is 10.8 Å². The zero-order chi connectivity index (χ0) is 17.3. The van der Waals surface area contributed by atoms with Gasteiger partial charge in [0.15, 0.2) is 0 Å². The molecule has 0 aromatic heterocycles. The van der Waals surface area contributed by atoms with Crippen LogP contribution in [0.3, 0.4) is 0 Å². The second kappa shape index (κ2) is 16.2. The number of aliphatic hydroxyl groups is 1. The van der Waals surface area contributed by atoms with Gasteiger partial charge in [-0.1, -0.05) is 64.7 Å². The van der Waals surface area contributed by atoms with Crippen molar-refractivity contribution in [2.75, 3.05) is 13.1 Å². The number of carbonyl (C=O) groups is 1. The summed E-state index contributed by atoms with van der Waals surface area (Å²) in [5.74, 6) is -0.846. The molecular formula is C18H38N2O3. The molecule has 0 saturated carbocycles. The quantitative estimate of drug-likeness (QED) is 0.307. The van der Waals surface area contributed by atoms with Crippen molar-refractivity contribution in [1.82, 2.24) is 5.32 Å². The van der Waals surface area contributed by atoms with Crippen LogP contribution in [0.15, 0.2) is 0 Å². The van der Waals surface area contributed by atoms with Gasteiger partial charge in [0.2, 0.25) is 0 Å². The van der Waals surface area contributed by atoms with Gasteiger partial charge in [-0.25, -0.2) is 0 Å². The van der Waals surface area contributed by atoms with E-state index in [1.54, 1.807) is 0 Å². The number of nitrogens with one attached hydrogen (secondary N) is 1. The van der Waals surface area contributed by atoms with Crippen molar-refractivity contribution >= 4 is 5.97 Å². The molecule has 0 spiro atoms. The van der Waals surface area contributed by atoms with E-state index in [1.165, 1.54) is 38.5 Å². The molecule has 0 heterocycles. The van der Waals surface area contributed by atoms with Gasteiger partial charge in [0, 0.05) is 6.54 Å². The molecule has 0 aliphatic carbocycles. The first-order valence-electron chi connectivity index (χ1n) is 9.46. The van der Waals surface area contributed by atoms with E-state index in [2.05, 4.69) is 12.2 Å². The largest absolute Gasteiger partial charge is 0.480 e. The molecule has 5 N–H and O–H groups in total. The number of carboxylic acid groups (broad SMARTS) is 1. The van der Waals surface area contributed by atoms with E-state index in [0.717, 1.165) is 32.1 Å². The van der Waals surface area contributed by atoms with Crippen molar-refractivity contribution in [1.29, 1.82) is 0 Å². The van der Waals surface area contributed by atoms with Crippen molar-refractivity contribution in [2.24, 2.45) is 5.73 Å². The monoisotopic (exact) mass is 330 g/mol. The molecule has 0 saturated heterocycles. The minimum atomic E-state index is -0.846. The minimum absolute atomic E-state index is 0.357. The number of aliphatic carboxylic acids is 1. The van der Waals surface area contributed by atoms with Crippen LogP contribution in [0.1, 0.15) is 84.0 Å². The van der Waals surface area contributed by atoms with Crippen LogP contribution < -0.4 is 11.1 Å². The fraction of sp³-hybridized carbons (Fsp3) is 0.944. The predicted molar refractivity (Wildman–Crippen MR) is 95.6 cm³/mol. The number of carboxylic acids is 1. The molecule has 23 heavy (non-hydrogen) atoms. The fourth-order valence-corrected chi connectivity index (χ4v) is 2.70. The average Bonchev–Trinajstić information content (AvgIpc) is 2.53. The lowest BCUT2D eigenvalue weighted by molar-refractivity contribution is -0.139. The summed E-state index contributed by atoms with van der Waals surface area (Å²) in [6.07, 6.45) is 12.5. The van der Waals surface area contributed by atoms with Gasteiger partial charge in [0.05, 0.1) is 6.10 Å². The van der Waals surface area contributed by atoms with Gasteiger partial charge in [0.25, 0.3) is 0 Å². The molecule has 5 heteroatoms. The number of unbranched alkanes of at least 4 members (excludes halogenated alkanes) is 8. The molecule has 0 radical (unpaired) electrons. The molecule has 5 nitrogen and oxygen atoms in total. The van der Waals surface area contributed by atoms with Crippen LogP contribution in [0, 0.1) is 0 Å². The average molecular weight is 331 g/mol. The molecule has 0 aromatic rings. The van der Waals surface area contributed by atoms with E-state index >= 15 is 0 Å². The summed E-state index contributed by atoms with van der Waals surface area (Å²) in [7, 11) is 0. The van der Waals surface area contributed by atoms with Crippen LogP contribution in [0.2, 0.25) is 0 Å². The van der Waals surface area contributed by atoms with E-state index in [0.29, 0.717) is 19.5 Å². The highest BCUT2D eigenvalue weighted by atomic mass is 16.4. The van der Waals surface area contributed by atoms with Gasteiger partial charge in [-0.2, -0.15) is 0 Å². The van der Waals surface area contributed by atoms with Gasteiger partial charge in [0.1, 0.15) is 6.04 Å². The van der Waals surface area contributed by atoms with Crippen molar-refractivity contribution in [3.05, 3.63) is 0 Å². The van der Waals surface area contributed by atoms with Crippen molar-refractivity contribution in [3.63, 3.8) is 0 Å². The number of nitrogens with two attached hydrogens (primary N) is 1. The Balaban J connectivity index is 3.59. The Hall–Kier alpha value is -0.650. The molecule has 0 aliphatic heterocycles. The molecule has 0 aliphatic rings. The molecule has 138 valence electrons. The SMILES string of the molecule is CCCCCCCCCCC(O)CNC(CCCCN)C(=O)O. The fourth-order valence-electron chi connectivity index (χ4n) is 2.70. The number of hydrogen-bond acceptors (Lipinski definition) is 4. The Bertz CT molecular complexity index is 275. The summed E-state index contributed by atoms with van der Waals surface area (Å²) < 4.78 is 0. The highest BCUT2D eigenvalue weighted by molar-refractivity contribution is 5.73. The third-order valence-electron chi connectivity index (χ3n) is 4.24. The molecule has 0 bridgehead atoms. The highest BCUT2D eigenvalue weighted by Crippen LogP contribution is 2.10. The van der Waals surface area contributed by atoms with E-state index < -0.39 is 18.1 Å². The summed E-state index contributed by atoms with van der Waals surface area (Å²) in [6, 6.07) is -0.574. The van der Waals surface area contributed by atoms with E-state index in [1.807, 2.05) is 0 Å². The standard InChI is InChI=1S/C18H38N2O3/c1-2-3-4-5-6-7-8-9-12-16(21)15-20-17(18(22)23)13-10-11-14-19/h16-17,20-21H,2-15,19H2,1H3,(H,22,23). The van der Waals surface area contributed by atoms with Crippen LogP contribution in [0.4, 0.5) is 0 Å². The van der Waals surface area contributed by atoms with Gasteiger partial charge in [-0.05, 0) is 25.8 Å². The Morgan fingerprint density at radius 1 is 0.957 bits per heavy atom. The first kappa shape index (κ1) is 22.4. The van der Waals surface area contributed by atoms with E-state index in [9.17, 15) is 9.90 Å². The Kier molecular flexibility index (Phi) is 15.8. The van der Waals surface area contributed by atoms with E-state index in [-0.39, 0.29) is 0 Å². The first-order chi connectivity index (χ1) is 11.1. The zero-order valence-corrected chi connectivity index (χ0v) is 14.9. The second-order valence-corrected chi connectivity index (χ2v) is 6.50. The maximum atomic E-state index is 11.1. The molecular weight excluding hydrogens is 292 g/mol. The molecule has 0 amide bonds. The second-order valence-electron chi connectivity index (χ2n) is 6.50. The lowest BCUT2D eigenvalue weighted by Crippen LogP contribution is -2.41. The Morgan fingerprint density at radius 2 is 1.52 bits per heavy atom. The number of rotatable bonds is 17. The van der Waals surface area contributed by atoms with Crippen LogP contribution in [0.25, 0.3) is 0 Å². The maximum Gasteiger partial charge on any atom is 0.320 e. The topological polar surface area (TPSA) is 95.6 Å². The third-order valence-corrected chi connectivity index (χ3v) is 4.24. The van der Waals surface area contributed by atoms with Crippen molar-refractivity contribution in [2.45, 2.75) is 96.1 Å². The predicted octanol–water partition coefficient (Wildman–Crippen LogP) is 3.05. The highest BCUT2D eigenvalue weighted by Gasteiger charge is 2.17. The van der Waals surface area contributed by atoms with Crippen molar-refractivity contribution < 1.29 is 15.0 Å². The molecule has 2 unspecified atom stereocenters. The molecule has 0 aromatic carbocycles. The van der Waals surface area contributed by atoms with Crippen molar-refractivity contribution in [3.8, 4) is 0 Å². The summed E-state index contributed by atoms with van der Waals surface area (Å²) in [4.78, 5) is 11.1. The van der Waals surface area contributed by atoms with Gasteiger partial charge < -0.3 is 21.3 Å². The van der Waals surface area contributed by atoms with Gasteiger partial charge in [-0.15, -0.1) is 0 Å². The van der Waals surface area contributed by atoms with Crippen LogP contribution in [-0.2, 0) is 4.79 Å². The number of aliphatic hydroxyl groups excluding tert-OH is 1. The first-order valence-corrected chi connectivity index (χ1v) is 9.46. The smallest absolute Gasteiger partial charge is 0.320 e. The summed E-state index contributed by atoms with van der Waals surface area (Å²) in [5, 5.41) is 22.1. The van der Waals surface area contributed by atoms with Gasteiger partial charge in [-0.3, -0.25) is 4.79 Å². The molecule has 0 fully saturated rings. The Labute approximate surface area is 142 Å². The summed E-state index contributed by atoms with van der Waals surface area (Å²) in [6.45, 7) is 3.17. The zero-order valence-electron chi connectivity index (χ0n) is 14.9. The van der Waals surface area contributed by atoms with Crippen LogP contribution in [-0.4, -0.2) is 41.4 Å². The third kappa shape index (κ3) is 14.7. The molecule has 2 atom stereocenters. The summed E-state index contributed by atoms with van der Waals surface area (Å²) >= 11 is 0. The lowest BCUT2D eigenvalue weighted by atomic mass is 10.1. The Morgan fingerprint density at radius 3 is 2.09 bits per heavy atom. The van der Waals surface area contributed by atoms with Crippen LogP contribution >= 0.6 is 0 Å². The number of hydrogen-bond donors (Lipinski definition) is 4. The normalized spacial score (nSPS) is 13.9. The van der Waals surface area contributed by atoms with Crippen LogP contribution in [0.5, 0.6) is 0 Å². The molecule has 0 rings (SSSR count). The maximum absolute atomic E-state index is 11.1.